The van der Waals surface area contributed by atoms with Gasteiger partial charge in [-0.3, -0.25) is 14.4 Å². The summed E-state index contributed by atoms with van der Waals surface area (Å²) in [4.78, 5) is 52.9. The molecule has 0 radical (unpaired) electrons. The summed E-state index contributed by atoms with van der Waals surface area (Å²) in [7, 11) is 0. The molecule has 0 aromatic heterocycles. The van der Waals surface area contributed by atoms with Crippen molar-refractivity contribution >= 4 is 57.9 Å². The molecule has 5 aliphatic rings. The van der Waals surface area contributed by atoms with Crippen LogP contribution in [0.25, 0.3) is 0 Å². The molecule has 15 heteroatoms. The fourth-order valence-electron chi connectivity index (χ4n) is 8.37. The van der Waals surface area contributed by atoms with Gasteiger partial charge in [-0.05, 0) is 105 Å². The third kappa shape index (κ3) is 5.98. The maximum Gasteiger partial charge on any atom is 0.471 e. The molecule has 1 saturated carbocycles. The maximum atomic E-state index is 15.2. The first-order chi connectivity index (χ1) is 24.4. The molecular formula is C37H39Cl2F4N5O3S. The van der Waals surface area contributed by atoms with Crippen molar-refractivity contribution in [1.29, 1.82) is 0 Å². The van der Waals surface area contributed by atoms with E-state index in [0.717, 1.165) is 16.0 Å². The van der Waals surface area contributed by atoms with Gasteiger partial charge < -0.3 is 19.6 Å². The molecule has 2 saturated heterocycles. The number of piperazine rings is 1. The van der Waals surface area contributed by atoms with Crippen molar-refractivity contribution in [3.63, 3.8) is 0 Å². The summed E-state index contributed by atoms with van der Waals surface area (Å²) in [5.41, 5.74) is 1.01. The van der Waals surface area contributed by atoms with Crippen LogP contribution >= 0.6 is 35.0 Å². The number of thioether (sulfide) groups is 1. The number of halogens is 6. The van der Waals surface area contributed by atoms with Gasteiger partial charge in [-0.2, -0.15) is 13.2 Å². The number of aliphatic imine (C=N–C) groups is 1. The van der Waals surface area contributed by atoms with Crippen molar-refractivity contribution in [2.24, 2.45) is 10.9 Å². The van der Waals surface area contributed by atoms with Crippen LogP contribution in [0.15, 0.2) is 52.0 Å². The Morgan fingerprint density at radius 3 is 2.35 bits per heavy atom. The second-order valence-corrected chi connectivity index (χ2v) is 16.8. The molecule has 4 aliphatic heterocycles. The van der Waals surface area contributed by atoms with Crippen LogP contribution in [-0.4, -0.2) is 85.9 Å². The van der Waals surface area contributed by atoms with Crippen LogP contribution in [0.3, 0.4) is 0 Å². The van der Waals surface area contributed by atoms with Crippen LogP contribution < -0.4 is 0 Å². The molecule has 1 aliphatic carbocycles. The summed E-state index contributed by atoms with van der Waals surface area (Å²) in [6.45, 7) is 9.53. The van der Waals surface area contributed by atoms with E-state index in [0.29, 0.717) is 58.6 Å². The molecule has 4 heterocycles. The molecule has 3 amide bonds. The number of amidine groups is 1. The normalized spacial score (nSPS) is 26.8. The van der Waals surface area contributed by atoms with E-state index in [1.807, 2.05) is 44.7 Å². The monoisotopic (exact) mass is 779 g/mol. The maximum absolute atomic E-state index is 15.2. The average Bonchev–Trinajstić information content (AvgIpc) is 3.37. The van der Waals surface area contributed by atoms with E-state index >= 15 is 4.39 Å². The Balaban J connectivity index is 1.22. The highest BCUT2D eigenvalue weighted by Crippen LogP contribution is 2.57. The fourth-order valence-corrected chi connectivity index (χ4v) is 10.1. The van der Waals surface area contributed by atoms with Gasteiger partial charge in [0.1, 0.15) is 22.3 Å². The van der Waals surface area contributed by atoms with Gasteiger partial charge in [-0.15, -0.1) is 0 Å². The lowest BCUT2D eigenvalue weighted by molar-refractivity contribution is -0.193. The molecular weight excluding hydrogens is 741 g/mol. The summed E-state index contributed by atoms with van der Waals surface area (Å²) in [6, 6.07) is 8.34. The third-order valence-corrected chi connectivity index (χ3v) is 12.8. The van der Waals surface area contributed by atoms with E-state index in [1.54, 1.807) is 34.9 Å². The lowest BCUT2D eigenvalue weighted by Crippen LogP contribution is -2.65. The molecule has 52 heavy (non-hydrogen) atoms. The van der Waals surface area contributed by atoms with Crippen LogP contribution in [-0.2, 0) is 19.9 Å². The number of nitrogens with zero attached hydrogens (tertiary/aromatic N) is 5. The average molecular weight is 781 g/mol. The number of aryl methyl sites for hydroxylation is 1. The van der Waals surface area contributed by atoms with E-state index in [4.69, 9.17) is 28.2 Å². The van der Waals surface area contributed by atoms with Crippen molar-refractivity contribution in [3.8, 4) is 0 Å². The summed E-state index contributed by atoms with van der Waals surface area (Å²) >= 11 is 13.7. The number of likely N-dealkylation sites (tertiary alicyclic amines) is 1. The van der Waals surface area contributed by atoms with Crippen molar-refractivity contribution in [1.82, 2.24) is 19.6 Å². The topological polar surface area (TPSA) is 76.5 Å². The molecule has 1 spiro atoms. The van der Waals surface area contributed by atoms with Crippen molar-refractivity contribution in [3.05, 3.63) is 79.6 Å². The zero-order chi connectivity index (χ0) is 37.7. The van der Waals surface area contributed by atoms with E-state index in [1.165, 1.54) is 17.8 Å². The number of fused-ring (bicyclic) bond motifs is 1. The molecule has 0 bridgehead atoms. The zero-order valence-electron chi connectivity index (χ0n) is 29.4. The van der Waals surface area contributed by atoms with Gasteiger partial charge in [0, 0.05) is 36.4 Å². The molecule has 4 atom stereocenters. The molecule has 2 aromatic rings. The van der Waals surface area contributed by atoms with Crippen molar-refractivity contribution in [2.75, 3.05) is 19.6 Å². The summed E-state index contributed by atoms with van der Waals surface area (Å²) in [5.74, 6) is -3.28. The number of alkyl halides is 3. The minimum absolute atomic E-state index is 0.0000873. The molecule has 3 unspecified atom stereocenters. The Hall–Kier alpha value is -3.29. The van der Waals surface area contributed by atoms with Gasteiger partial charge in [0.05, 0.1) is 16.6 Å². The van der Waals surface area contributed by atoms with Gasteiger partial charge >= 0.3 is 12.1 Å². The van der Waals surface area contributed by atoms with Gasteiger partial charge in [0.2, 0.25) is 5.91 Å². The molecule has 8 nitrogen and oxygen atoms in total. The lowest BCUT2D eigenvalue weighted by Gasteiger charge is -2.47. The van der Waals surface area contributed by atoms with Gasteiger partial charge in [0.15, 0.2) is 5.17 Å². The highest BCUT2D eigenvalue weighted by Gasteiger charge is 2.61. The predicted octanol–water partition coefficient (Wildman–Crippen LogP) is 7.83. The van der Waals surface area contributed by atoms with E-state index in [2.05, 4.69) is 0 Å². The predicted molar refractivity (Wildman–Crippen MR) is 192 cm³/mol. The summed E-state index contributed by atoms with van der Waals surface area (Å²) in [5, 5.41) is 1.13. The number of hydrogen-bond donors (Lipinski definition) is 0. The van der Waals surface area contributed by atoms with E-state index in [9.17, 15) is 27.6 Å². The number of benzene rings is 2. The highest BCUT2D eigenvalue weighted by atomic mass is 35.5. The first-order valence-corrected chi connectivity index (χ1v) is 19.0. The Morgan fingerprint density at radius 2 is 1.73 bits per heavy atom. The van der Waals surface area contributed by atoms with Crippen LogP contribution in [0.4, 0.5) is 17.6 Å². The second kappa shape index (κ2) is 12.9. The number of amides is 3. The zero-order valence-corrected chi connectivity index (χ0v) is 31.7. The van der Waals surface area contributed by atoms with Crippen molar-refractivity contribution in [2.45, 2.75) is 95.7 Å². The van der Waals surface area contributed by atoms with Gasteiger partial charge in [-0.1, -0.05) is 49.2 Å². The van der Waals surface area contributed by atoms with Crippen LogP contribution in [0.5, 0.6) is 0 Å². The quantitative estimate of drug-likeness (QED) is 0.290. The molecule has 0 N–H and O–H groups in total. The molecule has 278 valence electrons. The number of carbonyl (C=O) groups is 3. The highest BCUT2D eigenvalue weighted by molar-refractivity contribution is 8.18. The minimum atomic E-state index is -5.00. The first-order valence-electron chi connectivity index (χ1n) is 17.4. The van der Waals surface area contributed by atoms with Crippen LogP contribution in [0.1, 0.15) is 76.1 Å². The van der Waals surface area contributed by atoms with E-state index < -0.39 is 47.1 Å². The summed E-state index contributed by atoms with van der Waals surface area (Å²) < 4.78 is 55.6. The summed E-state index contributed by atoms with van der Waals surface area (Å²) in [6.07, 6.45) is -3.25. The smallest absolute Gasteiger partial charge is 0.334 e. The Bertz CT molecular complexity index is 1920. The minimum Gasteiger partial charge on any atom is -0.334 e. The standard InChI is InChI=1S/C37H39Cl2F4N5O3S/c1-19(2)28-29(32(50)45-14-6-7-27(45)31(49)46-18-36(12-13-36)47(17-21(46)4)33(51)37(41,42)43)52-34-44-35(5,22-8-10-23(38)11-9-22)30(48(28)34)24-16-26(40)25(39)15-20(24)3/h8-11,15-16,19,21,27,30H,6-7,12-14,17-18H2,1-5H3/t21-,27?,30?,35?/m0/s1. The lowest BCUT2D eigenvalue weighted by atomic mass is 9.79. The largest absolute Gasteiger partial charge is 0.471 e. The van der Waals surface area contributed by atoms with Gasteiger partial charge in [0.25, 0.3) is 5.91 Å². The van der Waals surface area contributed by atoms with Crippen molar-refractivity contribution < 1.29 is 31.9 Å². The molecule has 2 aromatic carbocycles. The fraction of sp³-hybridized carbons (Fsp3) is 0.514. The Kier molecular flexibility index (Phi) is 9.21. The van der Waals surface area contributed by atoms with Crippen LogP contribution in [0.2, 0.25) is 10.0 Å². The number of rotatable bonds is 5. The number of hydrogen-bond acceptors (Lipinski definition) is 6. The molecule has 3 fully saturated rings. The number of carbonyl (C=O) groups excluding carboxylic acids is 3. The second-order valence-electron chi connectivity index (χ2n) is 15.0. The number of allylic oxidation sites excluding steroid dienone is 1. The SMILES string of the molecule is Cc1cc(Cl)c(F)cc1C1N2C(=NC1(C)c1ccc(Cl)cc1)SC(C(=O)N1CCCC1C(=O)N1CC3(CC3)N(C(=O)C(F)(F)F)C[C@@H]1C)=C2C(C)C. The Labute approximate surface area is 314 Å². The first kappa shape index (κ1) is 37.0. The van der Waals surface area contributed by atoms with E-state index in [-0.39, 0.29) is 35.8 Å². The Morgan fingerprint density at radius 1 is 1.06 bits per heavy atom. The third-order valence-electron chi connectivity index (χ3n) is 11.2. The molecule has 7 rings (SSSR count). The van der Waals surface area contributed by atoms with Gasteiger partial charge in [-0.25, -0.2) is 9.38 Å². The van der Waals surface area contributed by atoms with Crippen LogP contribution in [0, 0.1) is 18.7 Å².